The van der Waals surface area contributed by atoms with Gasteiger partial charge in [-0.05, 0) is 44.7 Å². The quantitative estimate of drug-likeness (QED) is 0.786. The maximum absolute atomic E-state index is 12.1. The molecule has 2 N–H and O–H groups in total. The number of benzene rings is 1. The minimum atomic E-state index is -3.34. The Hall–Kier alpha value is -1.40. The third-order valence-electron chi connectivity index (χ3n) is 4.10. The second kappa shape index (κ2) is 8.45. The molecular weight excluding hydrogens is 312 g/mol. The van der Waals surface area contributed by atoms with E-state index in [-0.39, 0.29) is 17.7 Å². The maximum atomic E-state index is 12.1. The topological polar surface area (TPSA) is 75.3 Å². The average molecular weight is 338 g/mol. The van der Waals surface area contributed by atoms with Crippen LogP contribution in [-0.4, -0.2) is 44.5 Å². The van der Waals surface area contributed by atoms with Gasteiger partial charge in [0.1, 0.15) is 5.75 Å². The Kier molecular flexibility index (Phi) is 6.59. The molecule has 1 aromatic carbocycles. The first-order valence-corrected chi connectivity index (χ1v) is 10.0. The molecular formula is C17H26N2O3S. The van der Waals surface area contributed by atoms with Crippen molar-refractivity contribution in [3.05, 3.63) is 35.9 Å². The van der Waals surface area contributed by atoms with Crippen molar-refractivity contribution >= 4 is 15.7 Å². The highest BCUT2D eigenvalue weighted by molar-refractivity contribution is 7.92. The minimum Gasteiger partial charge on any atom is -0.352 e. The Morgan fingerprint density at radius 1 is 1.30 bits per heavy atom. The van der Waals surface area contributed by atoms with Crippen molar-refractivity contribution < 1.29 is 13.2 Å². The van der Waals surface area contributed by atoms with Gasteiger partial charge in [-0.3, -0.25) is 4.79 Å². The van der Waals surface area contributed by atoms with Gasteiger partial charge in [-0.1, -0.05) is 30.3 Å². The van der Waals surface area contributed by atoms with Crippen LogP contribution in [0.3, 0.4) is 0 Å². The number of piperidine rings is 1. The number of carbonyl (C=O) groups is 1. The molecule has 128 valence electrons. The summed E-state index contributed by atoms with van der Waals surface area (Å²) in [6, 6.07) is 10.2. The molecule has 1 aromatic rings. The zero-order chi connectivity index (χ0) is 16.7. The first-order chi connectivity index (χ1) is 10.9. The Morgan fingerprint density at radius 2 is 2.04 bits per heavy atom. The van der Waals surface area contributed by atoms with Crippen LogP contribution in [-0.2, 0) is 21.1 Å². The van der Waals surface area contributed by atoms with E-state index in [0.29, 0.717) is 18.9 Å². The monoisotopic (exact) mass is 338 g/mol. The number of carbonyl (C=O) groups excluding carboxylic acids is 1. The Balaban J connectivity index is 1.73. The zero-order valence-electron chi connectivity index (χ0n) is 13.6. The average Bonchev–Trinajstić information content (AvgIpc) is 2.47. The second-order valence-corrected chi connectivity index (χ2v) is 8.51. The molecule has 6 heteroatoms. The number of hydrogen-bond acceptors (Lipinski definition) is 4. The smallest absolute Gasteiger partial charge is 0.235 e. The molecule has 1 heterocycles. The van der Waals surface area contributed by atoms with Crippen LogP contribution in [0.5, 0.6) is 0 Å². The Morgan fingerprint density at radius 3 is 2.74 bits per heavy atom. The lowest BCUT2D eigenvalue weighted by Crippen LogP contribution is -2.47. The molecule has 0 radical (unpaired) electrons. The van der Waals surface area contributed by atoms with Crippen LogP contribution < -0.4 is 10.6 Å². The molecule has 0 aromatic heterocycles. The lowest BCUT2D eigenvalue weighted by molar-refractivity contribution is -0.119. The Bertz CT molecular complexity index is 602. The van der Waals surface area contributed by atoms with E-state index < -0.39 is 15.6 Å². The molecule has 1 aliphatic heterocycles. The molecule has 2 unspecified atom stereocenters. The van der Waals surface area contributed by atoms with E-state index in [1.54, 1.807) is 0 Å². The lowest BCUT2D eigenvalue weighted by atomic mass is 10.0. The van der Waals surface area contributed by atoms with Crippen LogP contribution in [0.2, 0.25) is 0 Å². The number of rotatable bonds is 7. The standard InChI is InChI=1S/C17H26N2O3S/c1-14-12-16(9-10-18-14)19-17(20)13-23(21,22)11-5-8-15-6-3-2-4-7-15/h2-4,6-7,14,16,18H,5,8-13H2,1H3,(H,19,20). The van der Waals surface area contributed by atoms with Gasteiger partial charge >= 0.3 is 0 Å². The summed E-state index contributed by atoms with van der Waals surface area (Å²) in [6.07, 6.45) is 2.96. The number of aryl methyl sites for hydroxylation is 1. The van der Waals surface area contributed by atoms with E-state index in [0.717, 1.165) is 24.9 Å². The third-order valence-corrected chi connectivity index (χ3v) is 5.72. The van der Waals surface area contributed by atoms with Crippen molar-refractivity contribution in [2.45, 2.75) is 44.7 Å². The molecule has 5 nitrogen and oxygen atoms in total. The van der Waals surface area contributed by atoms with E-state index in [2.05, 4.69) is 17.6 Å². The molecule has 1 amide bonds. The normalized spacial score (nSPS) is 21.8. The summed E-state index contributed by atoms with van der Waals surface area (Å²) in [5, 5.41) is 6.16. The molecule has 0 saturated carbocycles. The van der Waals surface area contributed by atoms with Crippen molar-refractivity contribution in [2.24, 2.45) is 0 Å². The van der Waals surface area contributed by atoms with E-state index in [9.17, 15) is 13.2 Å². The molecule has 2 atom stereocenters. The Labute approximate surface area is 138 Å². The number of amides is 1. The van der Waals surface area contributed by atoms with Crippen molar-refractivity contribution in [1.29, 1.82) is 0 Å². The van der Waals surface area contributed by atoms with Crippen molar-refractivity contribution in [3.63, 3.8) is 0 Å². The fourth-order valence-corrected chi connectivity index (χ4v) is 4.16. The van der Waals surface area contributed by atoms with Crippen LogP contribution >= 0.6 is 0 Å². The van der Waals surface area contributed by atoms with Gasteiger partial charge in [0.15, 0.2) is 9.84 Å². The van der Waals surface area contributed by atoms with Crippen molar-refractivity contribution in [3.8, 4) is 0 Å². The van der Waals surface area contributed by atoms with Gasteiger partial charge in [0.05, 0.1) is 5.75 Å². The first-order valence-electron chi connectivity index (χ1n) is 8.22. The third kappa shape index (κ3) is 6.71. The van der Waals surface area contributed by atoms with Crippen LogP contribution in [0.15, 0.2) is 30.3 Å². The van der Waals surface area contributed by atoms with Crippen molar-refractivity contribution in [1.82, 2.24) is 10.6 Å². The molecule has 1 aliphatic rings. The maximum Gasteiger partial charge on any atom is 0.235 e. The molecule has 0 bridgehead atoms. The lowest BCUT2D eigenvalue weighted by Gasteiger charge is -2.28. The van der Waals surface area contributed by atoms with Gasteiger partial charge in [0.25, 0.3) is 0 Å². The van der Waals surface area contributed by atoms with Crippen molar-refractivity contribution in [2.75, 3.05) is 18.1 Å². The van der Waals surface area contributed by atoms with Crippen LogP contribution in [0, 0.1) is 0 Å². The summed E-state index contributed by atoms with van der Waals surface area (Å²) in [5.41, 5.74) is 1.12. The van der Waals surface area contributed by atoms with Gasteiger partial charge in [-0.25, -0.2) is 8.42 Å². The first kappa shape index (κ1) is 17.9. The predicted molar refractivity (Wildman–Crippen MR) is 92.0 cm³/mol. The second-order valence-electron chi connectivity index (χ2n) is 6.33. The highest BCUT2D eigenvalue weighted by atomic mass is 32.2. The van der Waals surface area contributed by atoms with E-state index in [1.807, 2.05) is 30.3 Å². The molecule has 1 saturated heterocycles. The van der Waals surface area contributed by atoms with Gasteiger partial charge < -0.3 is 10.6 Å². The highest BCUT2D eigenvalue weighted by Crippen LogP contribution is 2.09. The minimum absolute atomic E-state index is 0.0535. The summed E-state index contributed by atoms with van der Waals surface area (Å²) < 4.78 is 24.1. The largest absolute Gasteiger partial charge is 0.352 e. The summed E-state index contributed by atoms with van der Waals surface area (Å²) in [5.74, 6) is -0.721. The van der Waals surface area contributed by atoms with Crippen LogP contribution in [0.25, 0.3) is 0 Å². The highest BCUT2D eigenvalue weighted by Gasteiger charge is 2.22. The molecule has 23 heavy (non-hydrogen) atoms. The summed E-state index contributed by atoms with van der Waals surface area (Å²) in [7, 11) is -3.34. The van der Waals surface area contributed by atoms with Crippen LogP contribution in [0.1, 0.15) is 31.7 Å². The summed E-state index contributed by atoms with van der Waals surface area (Å²) in [4.78, 5) is 12.0. The zero-order valence-corrected chi connectivity index (χ0v) is 14.4. The fraction of sp³-hybridized carbons (Fsp3) is 0.588. The van der Waals surface area contributed by atoms with Crippen LogP contribution in [0.4, 0.5) is 0 Å². The summed E-state index contributed by atoms with van der Waals surface area (Å²) >= 11 is 0. The van der Waals surface area contributed by atoms with Gasteiger partial charge in [-0.2, -0.15) is 0 Å². The molecule has 0 aliphatic carbocycles. The van der Waals surface area contributed by atoms with E-state index >= 15 is 0 Å². The van der Waals surface area contributed by atoms with E-state index in [1.165, 1.54) is 0 Å². The van der Waals surface area contributed by atoms with E-state index in [4.69, 9.17) is 0 Å². The van der Waals surface area contributed by atoms with Gasteiger partial charge in [0.2, 0.25) is 5.91 Å². The van der Waals surface area contributed by atoms with Gasteiger partial charge in [-0.15, -0.1) is 0 Å². The van der Waals surface area contributed by atoms with Gasteiger partial charge in [0, 0.05) is 12.1 Å². The number of hydrogen-bond donors (Lipinski definition) is 2. The molecule has 1 fully saturated rings. The SMILES string of the molecule is CC1CC(NC(=O)CS(=O)(=O)CCCc2ccccc2)CCN1. The molecule has 2 rings (SSSR count). The molecule has 0 spiro atoms. The fourth-order valence-electron chi connectivity index (χ4n) is 2.95. The summed E-state index contributed by atoms with van der Waals surface area (Å²) in [6.45, 7) is 2.93. The number of sulfone groups is 1. The number of nitrogens with one attached hydrogen (secondary N) is 2. The predicted octanol–water partition coefficient (Wildman–Crippen LogP) is 1.29.